The third kappa shape index (κ3) is 1.54. The molecule has 0 saturated carbocycles. The number of sulfone groups is 1. The van der Waals surface area contributed by atoms with Crippen LogP contribution in [0.2, 0.25) is 0 Å². The second-order valence-electron chi connectivity index (χ2n) is 4.23. The number of hydrogen-bond donors (Lipinski definition) is 0. The number of hydrogen-bond acceptors (Lipinski definition) is 3. The van der Waals surface area contributed by atoms with Gasteiger partial charge in [-0.25, -0.2) is 8.42 Å². The van der Waals surface area contributed by atoms with Gasteiger partial charge < -0.3 is 4.90 Å². The molecular formula is C9H15NO3S. The lowest BCUT2D eigenvalue weighted by Crippen LogP contribution is -2.36. The molecule has 2 rings (SSSR count). The molecule has 1 amide bonds. The molecule has 0 aromatic heterocycles. The molecule has 0 spiro atoms. The van der Waals surface area contributed by atoms with Crippen molar-refractivity contribution in [1.82, 2.24) is 4.90 Å². The Morgan fingerprint density at radius 3 is 2.64 bits per heavy atom. The number of nitrogens with zero attached hydrogens (tertiary/aromatic N) is 1. The predicted octanol–water partition coefficient (Wildman–Crippen LogP) is 0.0419. The van der Waals surface area contributed by atoms with Crippen molar-refractivity contribution in [2.45, 2.75) is 25.0 Å². The Morgan fingerprint density at radius 1 is 1.36 bits per heavy atom. The highest BCUT2D eigenvalue weighted by Gasteiger charge is 2.44. The van der Waals surface area contributed by atoms with Crippen LogP contribution in [0.1, 0.15) is 19.8 Å². The van der Waals surface area contributed by atoms with Crippen molar-refractivity contribution < 1.29 is 13.2 Å². The van der Waals surface area contributed by atoms with Crippen molar-refractivity contribution in [2.24, 2.45) is 5.92 Å². The van der Waals surface area contributed by atoms with Crippen LogP contribution in [0.5, 0.6) is 0 Å². The Kier molecular flexibility index (Phi) is 2.29. The summed E-state index contributed by atoms with van der Waals surface area (Å²) in [6.45, 7) is 2.56. The fraction of sp³-hybridized carbons (Fsp3) is 0.889. The molecule has 80 valence electrons. The highest BCUT2D eigenvalue weighted by Crippen LogP contribution is 2.32. The summed E-state index contributed by atoms with van der Waals surface area (Å²) in [6.07, 6.45) is 1.71. The minimum Gasteiger partial charge on any atom is -0.341 e. The SMILES string of the molecule is CC(=O)N1C[C@@H]2CCCS(=O)(=O)[C@@H]2C1. The van der Waals surface area contributed by atoms with Gasteiger partial charge in [-0.2, -0.15) is 0 Å². The molecule has 0 radical (unpaired) electrons. The zero-order valence-corrected chi connectivity index (χ0v) is 9.09. The maximum absolute atomic E-state index is 11.7. The smallest absolute Gasteiger partial charge is 0.219 e. The lowest BCUT2D eigenvalue weighted by atomic mass is 10.0. The third-order valence-electron chi connectivity index (χ3n) is 3.29. The van der Waals surface area contributed by atoms with Crippen LogP contribution in [-0.4, -0.2) is 43.3 Å². The monoisotopic (exact) mass is 217 g/mol. The Hall–Kier alpha value is -0.580. The molecule has 4 nitrogen and oxygen atoms in total. The van der Waals surface area contributed by atoms with Crippen molar-refractivity contribution in [3.8, 4) is 0 Å². The van der Waals surface area contributed by atoms with Gasteiger partial charge in [0.1, 0.15) is 0 Å². The minimum atomic E-state index is -2.92. The predicted molar refractivity (Wildman–Crippen MR) is 52.6 cm³/mol. The summed E-state index contributed by atoms with van der Waals surface area (Å²) >= 11 is 0. The molecule has 0 aromatic carbocycles. The molecular weight excluding hydrogens is 202 g/mol. The Labute approximate surface area is 84.2 Å². The van der Waals surface area contributed by atoms with E-state index < -0.39 is 9.84 Å². The highest BCUT2D eigenvalue weighted by atomic mass is 32.2. The van der Waals surface area contributed by atoms with Gasteiger partial charge in [-0.3, -0.25) is 4.79 Å². The van der Waals surface area contributed by atoms with Gasteiger partial charge in [0.05, 0.1) is 11.0 Å². The van der Waals surface area contributed by atoms with Crippen LogP contribution < -0.4 is 0 Å². The van der Waals surface area contributed by atoms with Crippen LogP contribution in [0.25, 0.3) is 0 Å². The van der Waals surface area contributed by atoms with Crippen LogP contribution in [0, 0.1) is 5.92 Å². The van der Waals surface area contributed by atoms with Crippen molar-refractivity contribution >= 4 is 15.7 Å². The van der Waals surface area contributed by atoms with Crippen molar-refractivity contribution in [3.63, 3.8) is 0 Å². The standard InChI is InChI=1S/C9H15NO3S/c1-7(11)10-5-8-3-2-4-14(12,13)9(8)6-10/h8-9H,2-6H2,1H3/t8-,9+/m0/s1. The summed E-state index contributed by atoms with van der Waals surface area (Å²) < 4.78 is 23.4. The van der Waals surface area contributed by atoms with Gasteiger partial charge in [-0.15, -0.1) is 0 Å². The highest BCUT2D eigenvalue weighted by molar-refractivity contribution is 7.92. The van der Waals surface area contributed by atoms with Crippen molar-refractivity contribution in [3.05, 3.63) is 0 Å². The lowest BCUT2D eigenvalue weighted by molar-refractivity contribution is -0.127. The Morgan fingerprint density at radius 2 is 2.07 bits per heavy atom. The topological polar surface area (TPSA) is 54.5 Å². The molecule has 0 aliphatic carbocycles. The number of carbonyl (C=O) groups is 1. The second-order valence-corrected chi connectivity index (χ2v) is 6.57. The third-order valence-corrected chi connectivity index (χ3v) is 5.61. The first-order valence-electron chi connectivity index (χ1n) is 4.98. The number of likely N-dealkylation sites (tertiary alicyclic amines) is 1. The Balaban J connectivity index is 2.20. The van der Waals surface area contributed by atoms with Crippen LogP contribution in [-0.2, 0) is 14.6 Å². The molecule has 14 heavy (non-hydrogen) atoms. The molecule has 2 aliphatic heterocycles. The van der Waals surface area contributed by atoms with E-state index in [1.165, 1.54) is 6.92 Å². The van der Waals surface area contributed by atoms with E-state index in [2.05, 4.69) is 0 Å². The summed E-state index contributed by atoms with van der Waals surface area (Å²) in [7, 11) is -2.92. The van der Waals surface area contributed by atoms with Gasteiger partial charge in [0, 0.05) is 20.0 Å². The summed E-state index contributed by atoms with van der Waals surface area (Å²) in [5.74, 6) is 0.493. The zero-order valence-electron chi connectivity index (χ0n) is 8.27. The fourth-order valence-corrected chi connectivity index (χ4v) is 4.57. The molecule has 0 bridgehead atoms. The molecule has 5 heteroatoms. The van der Waals surface area contributed by atoms with Gasteiger partial charge >= 0.3 is 0 Å². The summed E-state index contributed by atoms with van der Waals surface area (Å²) in [5, 5.41) is -0.278. The molecule has 2 aliphatic rings. The normalized spacial score (nSPS) is 35.4. The fourth-order valence-electron chi connectivity index (χ4n) is 2.48. The molecule has 2 heterocycles. The quantitative estimate of drug-likeness (QED) is 0.576. The largest absolute Gasteiger partial charge is 0.341 e. The number of rotatable bonds is 0. The van der Waals surface area contributed by atoms with E-state index in [9.17, 15) is 13.2 Å². The maximum Gasteiger partial charge on any atom is 0.219 e. The molecule has 2 fully saturated rings. The number of amides is 1. The van der Waals surface area contributed by atoms with Crippen LogP contribution in [0.4, 0.5) is 0 Å². The summed E-state index contributed by atoms with van der Waals surface area (Å²) in [4.78, 5) is 12.8. The number of carbonyl (C=O) groups excluding carboxylic acids is 1. The van der Waals surface area contributed by atoms with Gasteiger partial charge in [0.25, 0.3) is 0 Å². The van der Waals surface area contributed by atoms with E-state index in [4.69, 9.17) is 0 Å². The summed E-state index contributed by atoms with van der Waals surface area (Å²) in [5.41, 5.74) is 0. The van der Waals surface area contributed by atoms with Gasteiger partial charge in [0.2, 0.25) is 5.91 Å². The average molecular weight is 217 g/mol. The first-order chi connectivity index (χ1) is 6.50. The van der Waals surface area contributed by atoms with E-state index in [1.54, 1.807) is 4.90 Å². The maximum atomic E-state index is 11.7. The molecule has 0 unspecified atom stereocenters. The van der Waals surface area contributed by atoms with Crippen molar-refractivity contribution in [2.75, 3.05) is 18.8 Å². The molecule has 0 aromatic rings. The zero-order chi connectivity index (χ0) is 10.3. The van der Waals surface area contributed by atoms with Crippen molar-refractivity contribution in [1.29, 1.82) is 0 Å². The van der Waals surface area contributed by atoms with E-state index in [0.29, 0.717) is 18.8 Å². The average Bonchev–Trinajstić information content (AvgIpc) is 2.48. The number of fused-ring (bicyclic) bond motifs is 1. The van der Waals surface area contributed by atoms with E-state index >= 15 is 0 Å². The minimum absolute atomic E-state index is 0.00500. The van der Waals surface area contributed by atoms with Crippen LogP contribution >= 0.6 is 0 Å². The van der Waals surface area contributed by atoms with E-state index in [1.807, 2.05) is 0 Å². The van der Waals surface area contributed by atoms with Gasteiger partial charge in [0.15, 0.2) is 9.84 Å². The first-order valence-corrected chi connectivity index (χ1v) is 6.69. The first kappa shape index (κ1) is 9.96. The van der Waals surface area contributed by atoms with Gasteiger partial charge in [-0.1, -0.05) is 0 Å². The van der Waals surface area contributed by atoms with Gasteiger partial charge in [-0.05, 0) is 18.8 Å². The van der Waals surface area contributed by atoms with E-state index in [-0.39, 0.29) is 17.1 Å². The van der Waals surface area contributed by atoms with Crippen LogP contribution in [0.15, 0.2) is 0 Å². The van der Waals surface area contributed by atoms with E-state index in [0.717, 1.165) is 12.8 Å². The molecule has 2 saturated heterocycles. The molecule has 2 atom stereocenters. The van der Waals surface area contributed by atoms with Crippen LogP contribution in [0.3, 0.4) is 0 Å². The lowest BCUT2D eigenvalue weighted by Gasteiger charge is -2.23. The summed E-state index contributed by atoms with van der Waals surface area (Å²) in [6, 6.07) is 0. The Bertz CT molecular complexity index is 349. The second kappa shape index (κ2) is 3.22. The molecule has 0 N–H and O–H groups in total.